The number of anilines is 1. The molecular formula is C12H17FN2O3S. The Morgan fingerprint density at radius 3 is 2.74 bits per heavy atom. The molecule has 106 valence electrons. The van der Waals surface area contributed by atoms with E-state index in [4.69, 9.17) is 9.88 Å². The molecule has 0 aliphatic heterocycles. The Bertz CT molecular complexity index is 562. The highest BCUT2D eigenvalue weighted by atomic mass is 32.2. The molecule has 2 atom stereocenters. The molecule has 0 bridgehead atoms. The van der Waals surface area contributed by atoms with Crippen LogP contribution in [-0.4, -0.2) is 27.7 Å². The van der Waals surface area contributed by atoms with Gasteiger partial charge in [-0.05, 0) is 37.5 Å². The number of rotatable bonds is 4. The van der Waals surface area contributed by atoms with Gasteiger partial charge < -0.3 is 10.1 Å². The van der Waals surface area contributed by atoms with Crippen molar-refractivity contribution in [2.45, 2.75) is 36.3 Å². The van der Waals surface area contributed by atoms with Gasteiger partial charge in [0.1, 0.15) is 5.82 Å². The van der Waals surface area contributed by atoms with Crippen molar-refractivity contribution in [3.63, 3.8) is 0 Å². The summed E-state index contributed by atoms with van der Waals surface area (Å²) in [4.78, 5) is -0.231. The molecule has 1 aliphatic rings. The number of benzene rings is 1. The number of hydrogen-bond acceptors (Lipinski definition) is 4. The van der Waals surface area contributed by atoms with Crippen molar-refractivity contribution in [1.29, 1.82) is 0 Å². The normalized spacial score (nSPS) is 23.5. The Morgan fingerprint density at radius 1 is 1.42 bits per heavy atom. The van der Waals surface area contributed by atoms with Crippen molar-refractivity contribution in [1.82, 2.24) is 0 Å². The minimum Gasteiger partial charge on any atom is -0.379 e. The topological polar surface area (TPSA) is 81.4 Å². The van der Waals surface area contributed by atoms with Crippen molar-refractivity contribution >= 4 is 15.7 Å². The van der Waals surface area contributed by atoms with E-state index >= 15 is 0 Å². The van der Waals surface area contributed by atoms with Crippen LogP contribution in [0.4, 0.5) is 10.1 Å². The molecule has 1 aromatic carbocycles. The fourth-order valence-electron chi connectivity index (χ4n) is 2.36. The van der Waals surface area contributed by atoms with Crippen molar-refractivity contribution in [3.8, 4) is 0 Å². The first kappa shape index (κ1) is 14.2. The number of nitrogens with two attached hydrogens (primary N) is 1. The summed E-state index contributed by atoms with van der Waals surface area (Å²) in [6.45, 7) is 0. The smallest absolute Gasteiger partial charge is 0.238 e. The number of sulfonamides is 1. The highest BCUT2D eigenvalue weighted by Crippen LogP contribution is 2.27. The van der Waals surface area contributed by atoms with Gasteiger partial charge in [0.15, 0.2) is 0 Å². The summed E-state index contributed by atoms with van der Waals surface area (Å²) in [5.41, 5.74) is 0.265. The lowest BCUT2D eigenvalue weighted by Gasteiger charge is -2.21. The Balaban J connectivity index is 2.18. The molecule has 0 amide bonds. The van der Waals surface area contributed by atoms with Crippen LogP contribution in [0.2, 0.25) is 0 Å². The SMILES string of the molecule is COC1CCCC1Nc1ccc(S(N)(=O)=O)cc1F. The molecule has 0 heterocycles. The van der Waals surface area contributed by atoms with E-state index in [1.54, 1.807) is 7.11 Å². The van der Waals surface area contributed by atoms with Gasteiger partial charge in [-0.1, -0.05) is 0 Å². The molecule has 3 N–H and O–H groups in total. The molecule has 1 aliphatic carbocycles. The summed E-state index contributed by atoms with van der Waals surface area (Å²) in [7, 11) is -2.25. The standard InChI is InChI=1S/C12H17FN2O3S/c1-18-12-4-2-3-11(12)15-10-6-5-8(7-9(10)13)19(14,16)17/h5-7,11-12,15H,2-4H2,1H3,(H2,14,16,17). The molecule has 5 nitrogen and oxygen atoms in total. The molecule has 2 unspecified atom stereocenters. The minimum absolute atomic E-state index is 0.0415. The predicted molar refractivity (Wildman–Crippen MR) is 69.8 cm³/mol. The van der Waals surface area contributed by atoms with Crippen LogP contribution in [0.15, 0.2) is 23.1 Å². The number of ether oxygens (including phenoxy) is 1. The number of nitrogens with one attached hydrogen (secondary N) is 1. The fourth-order valence-corrected chi connectivity index (χ4v) is 2.89. The highest BCUT2D eigenvalue weighted by Gasteiger charge is 2.27. The van der Waals surface area contributed by atoms with E-state index in [0.717, 1.165) is 25.3 Å². The number of primary sulfonamides is 1. The average molecular weight is 288 g/mol. The summed E-state index contributed by atoms with van der Waals surface area (Å²) in [6, 6.07) is 3.64. The number of halogens is 1. The lowest BCUT2D eigenvalue weighted by Crippen LogP contribution is -2.30. The quantitative estimate of drug-likeness (QED) is 0.878. The molecular weight excluding hydrogens is 271 g/mol. The van der Waals surface area contributed by atoms with E-state index in [9.17, 15) is 12.8 Å². The van der Waals surface area contributed by atoms with Crippen LogP contribution in [0, 0.1) is 5.82 Å². The Hall–Kier alpha value is -1.18. The lowest BCUT2D eigenvalue weighted by molar-refractivity contribution is 0.101. The van der Waals surface area contributed by atoms with Crippen LogP contribution in [0.5, 0.6) is 0 Å². The van der Waals surface area contributed by atoms with E-state index in [1.807, 2.05) is 0 Å². The lowest BCUT2D eigenvalue weighted by atomic mass is 10.2. The van der Waals surface area contributed by atoms with Crippen molar-refractivity contribution in [3.05, 3.63) is 24.0 Å². The molecule has 7 heteroatoms. The Morgan fingerprint density at radius 2 is 2.16 bits per heavy atom. The highest BCUT2D eigenvalue weighted by molar-refractivity contribution is 7.89. The third-order valence-electron chi connectivity index (χ3n) is 3.37. The molecule has 2 rings (SSSR count). The molecule has 0 saturated heterocycles. The third-order valence-corrected chi connectivity index (χ3v) is 4.28. The van der Waals surface area contributed by atoms with Gasteiger partial charge >= 0.3 is 0 Å². The number of methoxy groups -OCH3 is 1. The summed E-state index contributed by atoms with van der Waals surface area (Å²) in [5.74, 6) is -0.631. The first-order chi connectivity index (χ1) is 8.91. The fraction of sp³-hybridized carbons (Fsp3) is 0.500. The number of hydrogen-bond donors (Lipinski definition) is 2. The van der Waals surface area contributed by atoms with Gasteiger partial charge in [0.2, 0.25) is 10.0 Å². The summed E-state index contributed by atoms with van der Waals surface area (Å²) in [5, 5.41) is 8.00. The minimum atomic E-state index is -3.88. The van der Waals surface area contributed by atoms with Crippen LogP contribution >= 0.6 is 0 Å². The molecule has 19 heavy (non-hydrogen) atoms. The van der Waals surface area contributed by atoms with Gasteiger partial charge in [-0.3, -0.25) is 0 Å². The maximum atomic E-state index is 13.8. The molecule has 0 aromatic heterocycles. The molecule has 0 radical (unpaired) electrons. The largest absolute Gasteiger partial charge is 0.379 e. The maximum absolute atomic E-state index is 13.8. The van der Waals surface area contributed by atoms with E-state index < -0.39 is 15.8 Å². The molecule has 1 aromatic rings. The monoisotopic (exact) mass is 288 g/mol. The van der Waals surface area contributed by atoms with Crippen LogP contribution in [-0.2, 0) is 14.8 Å². The van der Waals surface area contributed by atoms with Gasteiger partial charge in [-0.25, -0.2) is 17.9 Å². The Labute approximate surface area is 112 Å². The van der Waals surface area contributed by atoms with Gasteiger partial charge in [-0.15, -0.1) is 0 Å². The van der Waals surface area contributed by atoms with Crippen LogP contribution in [0.25, 0.3) is 0 Å². The van der Waals surface area contributed by atoms with E-state index in [2.05, 4.69) is 5.32 Å². The van der Waals surface area contributed by atoms with Crippen molar-refractivity contribution in [2.75, 3.05) is 12.4 Å². The third kappa shape index (κ3) is 3.23. The van der Waals surface area contributed by atoms with Crippen molar-refractivity contribution in [2.24, 2.45) is 5.14 Å². The van der Waals surface area contributed by atoms with E-state index in [-0.39, 0.29) is 22.7 Å². The second kappa shape index (κ2) is 5.44. The van der Waals surface area contributed by atoms with Gasteiger partial charge in [0, 0.05) is 7.11 Å². The van der Waals surface area contributed by atoms with Gasteiger partial charge in [0.05, 0.1) is 22.7 Å². The van der Waals surface area contributed by atoms with Crippen LogP contribution in [0.1, 0.15) is 19.3 Å². The van der Waals surface area contributed by atoms with E-state index in [0.29, 0.717) is 0 Å². The Kier molecular flexibility index (Phi) is 4.07. The summed E-state index contributed by atoms with van der Waals surface area (Å²) < 4.78 is 41.4. The first-order valence-corrected chi connectivity index (χ1v) is 7.58. The van der Waals surface area contributed by atoms with Crippen LogP contribution in [0.3, 0.4) is 0 Å². The van der Waals surface area contributed by atoms with Gasteiger partial charge in [-0.2, -0.15) is 0 Å². The second-order valence-corrected chi connectivity index (χ2v) is 6.20. The second-order valence-electron chi connectivity index (χ2n) is 4.64. The molecule has 0 spiro atoms. The zero-order chi connectivity index (χ0) is 14.0. The first-order valence-electron chi connectivity index (χ1n) is 6.03. The zero-order valence-electron chi connectivity index (χ0n) is 10.6. The predicted octanol–water partition coefficient (Wildman–Crippen LogP) is 1.45. The van der Waals surface area contributed by atoms with E-state index in [1.165, 1.54) is 12.1 Å². The maximum Gasteiger partial charge on any atom is 0.238 e. The summed E-state index contributed by atoms with van der Waals surface area (Å²) in [6.07, 6.45) is 2.91. The van der Waals surface area contributed by atoms with Crippen molar-refractivity contribution < 1.29 is 17.5 Å². The average Bonchev–Trinajstić information content (AvgIpc) is 2.77. The van der Waals surface area contributed by atoms with Crippen LogP contribution < -0.4 is 10.5 Å². The zero-order valence-corrected chi connectivity index (χ0v) is 11.4. The molecule has 1 saturated carbocycles. The molecule has 1 fully saturated rings. The summed E-state index contributed by atoms with van der Waals surface area (Å²) >= 11 is 0. The van der Waals surface area contributed by atoms with Gasteiger partial charge in [0.25, 0.3) is 0 Å².